The van der Waals surface area contributed by atoms with Gasteiger partial charge in [0.15, 0.2) is 5.75 Å². The third kappa shape index (κ3) is 4.69. The molecule has 0 spiro atoms. The molecule has 1 fully saturated rings. The van der Waals surface area contributed by atoms with Crippen molar-refractivity contribution < 1.29 is 18.7 Å². The van der Waals surface area contributed by atoms with Gasteiger partial charge in [-0.25, -0.2) is 0 Å². The lowest BCUT2D eigenvalue weighted by atomic mass is 9.98. The van der Waals surface area contributed by atoms with E-state index in [-0.39, 0.29) is 16.9 Å². The van der Waals surface area contributed by atoms with Crippen molar-refractivity contribution in [2.45, 2.75) is 38.7 Å². The second-order valence-electron chi connectivity index (χ2n) is 9.71. The fourth-order valence-electron chi connectivity index (χ4n) is 4.77. The molecule has 1 heterocycles. The van der Waals surface area contributed by atoms with Gasteiger partial charge in [0, 0.05) is 5.92 Å². The average molecular weight is 461 g/mol. The van der Waals surface area contributed by atoms with Crippen LogP contribution in [0.15, 0.2) is 78.9 Å². The van der Waals surface area contributed by atoms with E-state index in [2.05, 4.69) is 75.4 Å². The van der Waals surface area contributed by atoms with E-state index < -0.39 is 8.32 Å². The monoisotopic (exact) mass is 460 g/mol. The van der Waals surface area contributed by atoms with E-state index in [4.69, 9.17) is 13.9 Å². The smallest absolute Gasteiger partial charge is 0.320 e. The molecule has 0 radical (unpaired) electrons. The fourth-order valence-corrected chi connectivity index (χ4v) is 9.20. The summed E-state index contributed by atoms with van der Waals surface area (Å²) in [6.45, 7) is 7.27. The Balaban J connectivity index is 1.77. The molecule has 1 aliphatic rings. The van der Waals surface area contributed by atoms with Gasteiger partial charge in [-0.1, -0.05) is 87.5 Å². The van der Waals surface area contributed by atoms with E-state index in [1.54, 1.807) is 7.11 Å². The number of carbonyl (C=O) groups is 1. The second kappa shape index (κ2) is 9.44. The first kappa shape index (κ1) is 23.1. The fraction of sp³-hybridized carbons (Fsp3) is 0.321. The normalized spacial score (nSPS) is 16.4. The van der Waals surface area contributed by atoms with Crippen LogP contribution >= 0.6 is 0 Å². The number of esters is 1. The van der Waals surface area contributed by atoms with Crippen LogP contribution in [0.25, 0.3) is 0 Å². The standard InChI is InChI=1S/C28H32O4Si/c1-28(2,3)33(23-11-7-5-8-12-23,24-13-9-6-10-14-24)32-25-16-15-21(18-26(25)30-4)17-22-19-27(29)31-20-22/h5-16,18,22H,17,19-20H2,1-4H3/t22-/m0/s1. The topological polar surface area (TPSA) is 44.8 Å². The van der Waals surface area contributed by atoms with E-state index in [0.717, 1.165) is 17.7 Å². The highest BCUT2D eigenvalue weighted by Gasteiger charge is 2.52. The van der Waals surface area contributed by atoms with Crippen molar-refractivity contribution in [3.63, 3.8) is 0 Å². The van der Waals surface area contributed by atoms with Gasteiger partial charge in [0.05, 0.1) is 20.1 Å². The van der Waals surface area contributed by atoms with Gasteiger partial charge in [-0.15, -0.1) is 0 Å². The van der Waals surface area contributed by atoms with Crippen LogP contribution in [0.1, 0.15) is 32.8 Å². The van der Waals surface area contributed by atoms with E-state index in [1.807, 2.05) is 24.3 Å². The number of methoxy groups -OCH3 is 1. The first-order chi connectivity index (χ1) is 15.8. The lowest BCUT2D eigenvalue weighted by Crippen LogP contribution is -2.68. The van der Waals surface area contributed by atoms with Gasteiger partial charge < -0.3 is 13.9 Å². The number of hydrogen-bond donors (Lipinski definition) is 0. The predicted octanol–water partition coefficient (Wildman–Crippen LogP) is 4.74. The van der Waals surface area contributed by atoms with E-state index in [0.29, 0.717) is 18.8 Å². The SMILES string of the molecule is COc1cc(C[C@@H]2COC(=O)C2)ccc1O[Si](c1ccccc1)(c1ccccc1)C(C)(C)C. The third-order valence-corrected chi connectivity index (χ3v) is 11.3. The average Bonchev–Trinajstić information content (AvgIpc) is 3.22. The molecule has 4 nitrogen and oxygen atoms in total. The minimum Gasteiger partial charge on any atom is -0.531 e. The summed E-state index contributed by atoms with van der Waals surface area (Å²) < 4.78 is 18.1. The van der Waals surface area contributed by atoms with Gasteiger partial charge in [-0.2, -0.15) is 0 Å². The summed E-state index contributed by atoms with van der Waals surface area (Å²) in [5.41, 5.74) is 1.12. The van der Waals surface area contributed by atoms with Crippen molar-refractivity contribution in [1.29, 1.82) is 0 Å². The number of cyclic esters (lactones) is 1. The van der Waals surface area contributed by atoms with Crippen LogP contribution in [0.4, 0.5) is 0 Å². The Labute approximate surface area is 197 Å². The first-order valence-electron chi connectivity index (χ1n) is 11.5. The minimum absolute atomic E-state index is 0.112. The molecule has 0 aliphatic carbocycles. The van der Waals surface area contributed by atoms with Gasteiger partial charge in [0.1, 0.15) is 5.75 Å². The molecule has 1 saturated heterocycles. The van der Waals surface area contributed by atoms with Gasteiger partial charge in [-0.05, 0) is 39.5 Å². The van der Waals surface area contributed by atoms with Gasteiger partial charge in [0.2, 0.25) is 0 Å². The van der Waals surface area contributed by atoms with Crippen molar-refractivity contribution in [3.8, 4) is 11.5 Å². The summed E-state index contributed by atoms with van der Waals surface area (Å²) in [4.78, 5) is 11.5. The molecule has 33 heavy (non-hydrogen) atoms. The van der Waals surface area contributed by atoms with Crippen LogP contribution in [0.2, 0.25) is 5.04 Å². The molecule has 4 rings (SSSR count). The molecule has 3 aromatic carbocycles. The Kier molecular flexibility index (Phi) is 6.61. The number of benzene rings is 3. The summed E-state index contributed by atoms with van der Waals surface area (Å²) in [7, 11) is -1.06. The lowest BCUT2D eigenvalue weighted by molar-refractivity contribution is -0.137. The molecule has 0 bridgehead atoms. The van der Waals surface area contributed by atoms with Crippen molar-refractivity contribution in [2.24, 2.45) is 5.92 Å². The van der Waals surface area contributed by atoms with Gasteiger partial charge in [0.25, 0.3) is 0 Å². The quantitative estimate of drug-likeness (QED) is 0.377. The summed E-state index contributed by atoms with van der Waals surface area (Å²) in [5.74, 6) is 1.56. The largest absolute Gasteiger partial charge is 0.531 e. The zero-order valence-corrected chi connectivity index (χ0v) is 20.8. The first-order valence-corrected chi connectivity index (χ1v) is 13.4. The summed E-state index contributed by atoms with van der Waals surface area (Å²) in [6, 6.07) is 27.3. The van der Waals surface area contributed by atoms with Gasteiger partial charge in [-0.3, -0.25) is 4.79 Å². The molecule has 1 aliphatic heterocycles. The number of hydrogen-bond acceptors (Lipinski definition) is 4. The van der Waals surface area contributed by atoms with Crippen LogP contribution in [-0.4, -0.2) is 28.0 Å². The maximum atomic E-state index is 11.5. The van der Waals surface area contributed by atoms with Crippen molar-refractivity contribution >= 4 is 24.7 Å². The third-order valence-electron chi connectivity index (χ3n) is 6.37. The Morgan fingerprint density at radius 1 is 0.909 bits per heavy atom. The van der Waals surface area contributed by atoms with Crippen LogP contribution in [0, 0.1) is 5.92 Å². The van der Waals surface area contributed by atoms with E-state index in [1.165, 1.54) is 10.4 Å². The summed E-state index contributed by atoms with van der Waals surface area (Å²) in [5, 5.41) is 2.30. The maximum absolute atomic E-state index is 11.5. The Bertz CT molecular complexity index is 1050. The Hall–Kier alpha value is -3.05. The zero-order valence-electron chi connectivity index (χ0n) is 19.8. The molecule has 0 saturated carbocycles. The lowest BCUT2D eigenvalue weighted by Gasteiger charge is -2.43. The molecule has 0 aromatic heterocycles. The molecular formula is C28H32O4Si. The Morgan fingerprint density at radius 2 is 1.52 bits per heavy atom. The highest BCUT2D eigenvalue weighted by atomic mass is 28.4. The molecule has 172 valence electrons. The molecule has 5 heteroatoms. The molecule has 0 amide bonds. The van der Waals surface area contributed by atoms with Crippen molar-refractivity contribution in [2.75, 3.05) is 13.7 Å². The molecule has 0 unspecified atom stereocenters. The van der Waals surface area contributed by atoms with Gasteiger partial charge >= 0.3 is 14.3 Å². The highest BCUT2D eigenvalue weighted by molar-refractivity contribution is 7.00. The second-order valence-corrected chi connectivity index (χ2v) is 13.9. The molecule has 0 N–H and O–H groups in total. The zero-order chi connectivity index (χ0) is 23.5. The van der Waals surface area contributed by atoms with Crippen LogP contribution in [-0.2, 0) is 16.0 Å². The predicted molar refractivity (Wildman–Crippen MR) is 134 cm³/mol. The number of ether oxygens (including phenoxy) is 2. The van der Waals surface area contributed by atoms with Crippen LogP contribution in [0.3, 0.4) is 0 Å². The Morgan fingerprint density at radius 3 is 2.00 bits per heavy atom. The molecule has 3 aromatic rings. The van der Waals surface area contributed by atoms with Crippen molar-refractivity contribution in [3.05, 3.63) is 84.4 Å². The molecular weight excluding hydrogens is 428 g/mol. The maximum Gasteiger partial charge on any atom is 0.320 e. The number of rotatable bonds is 7. The van der Waals surface area contributed by atoms with Crippen LogP contribution < -0.4 is 19.5 Å². The molecule has 1 atom stereocenters. The van der Waals surface area contributed by atoms with E-state index in [9.17, 15) is 4.79 Å². The van der Waals surface area contributed by atoms with Crippen LogP contribution in [0.5, 0.6) is 11.5 Å². The van der Waals surface area contributed by atoms with Crippen molar-refractivity contribution in [1.82, 2.24) is 0 Å². The number of carbonyl (C=O) groups excluding carboxylic acids is 1. The summed E-state index contributed by atoms with van der Waals surface area (Å²) in [6.07, 6.45) is 1.25. The summed E-state index contributed by atoms with van der Waals surface area (Å²) >= 11 is 0. The van der Waals surface area contributed by atoms with E-state index >= 15 is 0 Å². The minimum atomic E-state index is -2.74. The highest BCUT2D eigenvalue weighted by Crippen LogP contribution is 2.40.